The highest BCUT2D eigenvalue weighted by molar-refractivity contribution is 5.77. The zero-order valence-corrected chi connectivity index (χ0v) is 22.4. The van der Waals surface area contributed by atoms with Crippen LogP contribution in [-0.2, 0) is 29.0 Å². The molecule has 0 saturated heterocycles. The van der Waals surface area contributed by atoms with Crippen molar-refractivity contribution in [3.8, 4) is 0 Å². The number of quaternary nitrogens is 1. The number of carbonyl (C=O) groups excluding carboxylic acids is 1. The Bertz CT molecular complexity index is 1040. The summed E-state index contributed by atoms with van der Waals surface area (Å²) in [7, 11) is 6.07. The van der Waals surface area contributed by atoms with Gasteiger partial charge in [0.15, 0.2) is 5.76 Å². The summed E-state index contributed by atoms with van der Waals surface area (Å²) in [6.45, 7) is 10.9. The summed E-state index contributed by atoms with van der Waals surface area (Å²) in [5.74, 6) is 1.82. The first-order valence-electron chi connectivity index (χ1n) is 13.3. The molecule has 1 aromatic carbocycles. The second-order valence-electron chi connectivity index (χ2n) is 12.2. The van der Waals surface area contributed by atoms with E-state index in [9.17, 15) is 4.79 Å². The fourth-order valence-electron chi connectivity index (χ4n) is 7.51. The number of esters is 1. The summed E-state index contributed by atoms with van der Waals surface area (Å²) in [6, 6.07) is 12.8. The molecule has 1 aromatic heterocycles. The van der Waals surface area contributed by atoms with Crippen molar-refractivity contribution in [2.45, 2.75) is 71.9 Å². The van der Waals surface area contributed by atoms with E-state index in [2.05, 4.69) is 70.9 Å². The maximum atomic E-state index is 12.9. The van der Waals surface area contributed by atoms with Crippen LogP contribution in [-0.4, -0.2) is 31.7 Å². The average Bonchev–Trinajstić information content (AvgIpc) is 3.24. The molecular formula is C31H44NO3+. The van der Waals surface area contributed by atoms with Crippen molar-refractivity contribution in [2.75, 3.05) is 21.2 Å². The molecular weight excluding hydrogens is 434 g/mol. The van der Waals surface area contributed by atoms with Crippen LogP contribution in [0.2, 0.25) is 0 Å². The van der Waals surface area contributed by atoms with E-state index in [1.165, 1.54) is 23.8 Å². The number of hydrogen-bond donors (Lipinski definition) is 0. The summed E-state index contributed by atoms with van der Waals surface area (Å²) in [6.07, 6.45) is 9.11. The molecule has 0 bridgehead atoms. The number of benzene rings is 1. The minimum absolute atomic E-state index is 0.0322. The maximum Gasteiger partial charge on any atom is 0.311 e. The number of ether oxygens (including phenoxy) is 1. The number of hydrogen-bond acceptors (Lipinski definition) is 3. The van der Waals surface area contributed by atoms with Crippen LogP contribution in [0.1, 0.15) is 69.3 Å². The quantitative estimate of drug-likeness (QED) is 0.234. The molecule has 0 radical (unpaired) electrons. The third-order valence-electron chi connectivity index (χ3n) is 9.24. The number of nitrogens with zero attached hydrogens (tertiary/aromatic N) is 1. The highest BCUT2D eigenvalue weighted by Gasteiger charge is 2.57. The first-order chi connectivity index (χ1) is 16.6. The smallest absolute Gasteiger partial charge is 0.311 e. The Balaban J connectivity index is 1.48. The van der Waals surface area contributed by atoms with Crippen LogP contribution in [0.25, 0.3) is 0 Å². The van der Waals surface area contributed by atoms with Crippen LogP contribution in [0.3, 0.4) is 0 Å². The molecule has 0 spiro atoms. The van der Waals surface area contributed by atoms with Gasteiger partial charge in [0.2, 0.25) is 0 Å². The lowest BCUT2D eigenvalue weighted by Crippen LogP contribution is -2.53. The van der Waals surface area contributed by atoms with Crippen molar-refractivity contribution in [1.82, 2.24) is 0 Å². The van der Waals surface area contributed by atoms with Gasteiger partial charge in [-0.05, 0) is 74.3 Å². The average molecular weight is 479 g/mol. The van der Waals surface area contributed by atoms with Crippen LogP contribution >= 0.6 is 0 Å². The number of methoxy groups -OCH3 is 1. The van der Waals surface area contributed by atoms with Gasteiger partial charge in [-0.25, -0.2) is 0 Å². The van der Waals surface area contributed by atoms with Crippen molar-refractivity contribution in [3.63, 3.8) is 0 Å². The zero-order valence-electron chi connectivity index (χ0n) is 22.4. The van der Waals surface area contributed by atoms with E-state index in [0.29, 0.717) is 11.8 Å². The lowest BCUT2D eigenvalue weighted by molar-refractivity contribution is -0.917. The van der Waals surface area contributed by atoms with Gasteiger partial charge in [0.1, 0.15) is 13.1 Å². The van der Waals surface area contributed by atoms with E-state index in [1.54, 1.807) is 0 Å². The summed E-state index contributed by atoms with van der Waals surface area (Å²) in [5.41, 5.74) is 3.72. The molecule has 35 heavy (non-hydrogen) atoms. The number of furan rings is 1. The summed E-state index contributed by atoms with van der Waals surface area (Å²) >= 11 is 0. The van der Waals surface area contributed by atoms with Crippen molar-refractivity contribution >= 4 is 5.97 Å². The third-order valence-corrected chi connectivity index (χ3v) is 9.24. The van der Waals surface area contributed by atoms with E-state index in [-0.39, 0.29) is 16.8 Å². The second kappa shape index (κ2) is 9.97. The molecule has 1 heterocycles. The molecule has 0 N–H and O–H groups in total. The topological polar surface area (TPSA) is 39.4 Å². The Hall–Kier alpha value is -2.33. The first kappa shape index (κ1) is 25.8. The third kappa shape index (κ3) is 5.14. The van der Waals surface area contributed by atoms with Crippen LogP contribution in [0, 0.1) is 22.7 Å². The summed E-state index contributed by atoms with van der Waals surface area (Å²) in [5, 5.41) is 0. The Morgan fingerprint density at radius 1 is 1.14 bits per heavy atom. The lowest BCUT2D eigenvalue weighted by atomic mass is 9.46. The SMILES string of the molecule is C=C1CC[C@H]2[C@](C)(CCC[C@@]2(C)C(=O)OC)[C@H]1CCc1ccoc1C[N+](C)(C)Cc1ccccc1. The van der Waals surface area contributed by atoms with Crippen LogP contribution in [0.4, 0.5) is 0 Å². The molecule has 4 nitrogen and oxygen atoms in total. The molecule has 0 amide bonds. The Morgan fingerprint density at radius 2 is 1.89 bits per heavy atom. The maximum absolute atomic E-state index is 12.9. The minimum atomic E-state index is -0.388. The van der Waals surface area contributed by atoms with E-state index >= 15 is 0 Å². The van der Waals surface area contributed by atoms with E-state index in [4.69, 9.17) is 9.15 Å². The van der Waals surface area contributed by atoms with Crippen molar-refractivity contribution in [3.05, 3.63) is 71.7 Å². The molecule has 2 aliphatic carbocycles. The minimum Gasteiger partial charge on any atom is -0.469 e. The fraction of sp³-hybridized carbons (Fsp3) is 0.581. The van der Waals surface area contributed by atoms with Crippen LogP contribution in [0.5, 0.6) is 0 Å². The molecule has 4 rings (SSSR count). The molecule has 2 fully saturated rings. The van der Waals surface area contributed by atoms with Crippen molar-refractivity contribution in [2.24, 2.45) is 22.7 Å². The van der Waals surface area contributed by atoms with Crippen molar-refractivity contribution in [1.29, 1.82) is 0 Å². The Labute approximate surface area is 211 Å². The van der Waals surface area contributed by atoms with Gasteiger partial charge in [0.05, 0.1) is 32.9 Å². The highest BCUT2D eigenvalue weighted by Crippen LogP contribution is 2.62. The van der Waals surface area contributed by atoms with Crippen molar-refractivity contribution < 1.29 is 18.4 Å². The predicted octanol–water partition coefficient (Wildman–Crippen LogP) is 6.94. The summed E-state index contributed by atoms with van der Waals surface area (Å²) < 4.78 is 12.2. The molecule has 4 heteroatoms. The normalized spacial score (nSPS) is 29.0. The van der Waals surface area contributed by atoms with E-state index in [0.717, 1.165) is 68.3 Å². The van der Waals surface area contributed by atoms with Gasteiger partial charge in [-0.2, -0.15) is 0 Å². The largest absolute Gasteiger partial charge is 0.469 e. The number of fused-ring (bicyclic) bond motifs is 1. The predicted molar refractivity (Wildman–Crippen MR) is 140 cm³/mol. The van der Waals surface area contributed by atoms with Crippen LogP contribution < -0.4 is 0 Å². The second-order valence-corrected chi connectivity index (χ2v) is 12.2. The van der Waals surface area contributed by atoms with Gasteiger partial charge in [0.25, 0.3) is 0 Å². The molecule has 2 aromatic rings. The van der Waals surface area contributed by atoms with Gasteiger partial charge in [0, 0.05) is 5.56 Å². The summed E-state index contributed by atoms with van der Waals surface area (Å²) in [4.78, 5) is 12.9. The molecule has 190 valence electrons. The monoisotopic (exact) mass is 478 g/mol. The molecule has 2 saturated carbocycles. The molecule has 2 aliphatic rings. The first-order valence-corrected chi connectivity index (χ1v) is 13.3. The van der Waals surface area contributed by atoms with Gasteiger partial charge in [-0.3, -0.25) is 4.79 Å². The van der Waals surface area contributed by atoms with Crippen LogP contribution in [0.15, 0.2) is 59.2 Å². The number of rotatable bonds is 8. The zero-order chi connectivity index (χ0) is 25.3. The molecule has 0 aliphatic heterocycles. The van der Waals surface area contributed by atoms with Gasteiger partial charge < -0.3 is 13.6 Å². The van der Waals surface area contributed by atoms with Gasteiger partial charge in [-0.1, -0.05) is 55.8 Å². The number of carbonyl (C=O) groups is 1. The van der Waals surface area contributed by atoms with E-state index in [1.807, 2.05) is 6.26 Å². The number of aryl methyl sites for hydroxylation is 1. The van der Waals surface area contributed by atoms with E-state index < -0.39 is 0 Å². The standard InChI is InChI=1S/C31H44NO3/c1-23-13-16-28-30(2,18-10-19-31(28,3)29(33)34-6)26(23)15-14-25-17-20-35-27(25)22-32(4,5)21-24-11-8-7-9-12-24/h7-9,11-12,17,20,26,28H,1,10,13-16,18-19,21-22H2,2-6H3/q+1/t26-,28-,30+,31+/m0/s1. The Kier molecular flexibility index (Phi) is 7.33. The Morgan fingerprint density at radius 3 is 2.60 bits per heavy atom. The number of allylic oxidation sites excluding steroid dienone is 1. The fourth-order valence-corrected chi connectivity index (χ4v) is 7.51. The highest BCUT2D eigenvalue weighted by atomic mass is 16.5. The van der Waals surface area contributed by atoms with Gasteiger partial charge >= 0.3 is 5.97 Å². The molecule has 4 atom stereocenters. The molecule has 0 unspecified atom stereocenters. The lowest BCUT2D eigenvalue weighted by Gasteiger charge is -2.57. The van der Waals surface area contributed by atoms with Gasteiger partial charge in [-0.15, -0.1) is 0 Å².